The van der Waals surface area contributed by atoms with Crippen molar-refractivity contribution in [1.29, 1.82) is 0 Å². The van der Waals surface area contributed by atoms with Crippen molar-refractivity contribution in [1.82, 2.24) is 5.32 Å². The van der Waals surface area contributed by atoms with E-state index in [4.69, 9.17) is 10.5 Å². The van der Waals surface area contributed by atoms with Gasteiger partial charge in [-0.25, -0.2) is 0 Å². The summed E-state index contributed by atoms with van der Waals surface area (Å²) in [5, 5.41) is 22.4. The first-order chi connectivity index (χ1) is 11.5. The number of nitrogens with one attached hydrogen (secondary N) is 1. The second-order valence-corrected chi connectivity index (χ2v) is 5.50. The number of amides is 1. The molecule has 0 spiro atoms. The number of carbonyl (C=O) groups excluding carboxylic acids is 1. The summed E-state index contributed by atoms with van der Waals surface area (Å²) in [7, 11) is 0. The number of rotatable bonds is 8. The minimum atomic E-state index is -0.651. The normalized spacial score (nSPS) is 11.9. The second-order valence-electron chi connectivity index (χ2n) is 5.50. The van der Waals surface area contributed by atoms with Crippen molar-refractivity contribution in [3.05, 3.63) is 59.2 Å². The highest BCUT2D eigenvalue weighted by atomic mass is 16.5. The smallest absolute Gasteiger partial charge is 0.248 e. The molecule has 6 nitrogen and oxygen atoms in total. The molecule has 0 aliphatic carbocycles. The van der Waals surface area contributed by atoms with Crippen LogP contribution in [-0.4, -0.2) is 35.8 Å². The molecule has 2 aromatic carbocycles. The Hall–Kier alpha value is -2.57. The summed E-state index contributed by atoms with van der Waals surface area (Å²) in [6.07, 6.45) is -0.651. The number of aryl methyl sites for hydroxylation is 1. The van der Waals surface area contributed by atoms with E-state index in [0.717, 1.165) is 11.1 Å². The van der Waals surface area contributed by atoms with Gasteiger partial charge in [0.2, 0.25) is 5.91 Å². The molecule has 1 unspecified atom stereocenters. The zero-order valence-electron chi connectivity index (χ0n) is 13.5. The van der Waals surface area contributed by atoms with Crippen molar-refractivity contribution >= 4 is 5.91 Å². The van der Waals surface area contributed by atoms with Crippen LogP contribution in [0, 0.1) is 6.92 Å². The molecule has 0 fully saturated rings. The van der Waals surface area contributed by atoms with Crippen LogP contribution in [0.3, 0.4) is 0 Å². The van der Waals surface area contributed by atoms with Crippen molar-refractivity contribution in [3.63, 3.8) is 0 Å². The van der Waals surface area contributed by atoms with Gasteiger partial charge in [0.25, 0.3) is 0 Å². The molecule has 0 aliphatic rings. The number of nitrogens with two attached hydrogens (primary N) is 1. The van der Waals surface area contributed by atoms with E-state index in [1.165, 1.54) is 0 Å². The zero-order valence-corrected chi connectivity index (χ0v) is 13.5. The highest BCUT2D eigenvalue weighted by Gasteiger charge is 2.07. The van der Waals surface area contributed by atoms with E-state index in [1.54, 1.807) is 42.5 Å². The first-order valence-electron chi connectivity index (χ1n) is 7.68. The molecule has 1 atom stereocenters. The van der Waals surface area contributed by atoms with Gasteiger partial charge in [-0.2, -0.15) is 0 Å². The van der Waals surface area contributed by atoms with Crippen molar-refractivity contribution in [3.8, 4) is 11.5 Å². The van der Waals surface area contributed by atoms with Crippen molar-refractivity contribution in [2.45, 2.75) is 13.0 Å². The predicted molar refractivity (Wildman–Crippen MR) is 91.1 cm³/mol. The number of ether oxygens (including phenoxy) is 1. The van der Waals surface area contributed by atoms with E-state index in [0.29, 0.717) is 31.0 Å². The number of aromatic hydroxyl groups is 1. The van der Waals surface area contributed by atoms with Crippen molar-refractivity contribution < 1.29 is 19.7 Å². The summed E-state index contributed by atoms with van der Waals surface area (Å²) in [6.45, 7) is 3.22. The highest BCUT2D eigenvalue weighted by molar-refractivity contribution is 5.93. The van der Waals surface area contributed by atoms with E-state index < -0.39 is 12.0 Å². The minimum absolute atomic E-state index is 0.171. The highest BCUT2D eigenvalue weighted by Crippen LogP contribution is 2.19. The van der Waals surface area contributed by atoms with Crippen LogP contribution < -0.4 is 15.8 Å². The zero-order chi connectivity index (χ0) is 17.5. The van der Waals surface area contributed by atoms with Crippen LogP contribution in [0.1, 0.15) is 27.6 Å². The molecule has 0 heterocycles. The van der Waals surface area contributed by atoms with E-state index in [2.05, 4.69) is 5.32 Å². The SMILES string of the molecule is Cc1cc(C(N)=O)ccc1OCCNCC(O)c1ccc(O)cc1. The van der Waals surface area contributed by atoms with Gasteiger partial charge in [-0.3, -0.25) is 4.79 Å². The molecule has 6 heteroatoms. The summed E-state index contributed by atoms with van der Waals surface area (Å²) in [5.74, 6) is 0.403. The Balaban J connectivity index is 1.73. The lowest BCUT2D eigenvalue weighted by atomic mass is 10.1. The van der Waals surface area contributed by atoms with Crippen LogP contribution >= 0.6 is 0 Å². The first-order valence-corrected chi connectivity index (χ1v) is 7.68. The van der Waals surface area contributed by atoms with E-state index in [-0.39, 0.29) is 5.75 Å². The molecule has 1 amide bonds. The van der Waals surface area contributed by atoms with Gasteiger partial charge >= 0.3 is 0 Å². The number of primary amides is 1. The fourth-order valence-electron chi connectivity index (χ4n) is 2.25. The number of aliphatic hydroxyl groups excluding tert-OH is 1. The quantitative estimate of drug-likeness (QED) is 0.549. The molecule has 128 valence electrons. The number of carbonyl (C=O) groups is 1. The average molecular weight is 330 g/mol. The van der Waals surface area contributed by atoms with Crippen LogP contribution in [0.2, 0.25) is 0 Å². The van der Waals surface area contributed by atoms with Gasteiger partial charge in [0.1, 0.15) is 18.1 Å². The molecule has 0 saturated heterocycles. The fraction of sp³-hybridized carbons (Fsp3) is 0.278. The van der Waals surface area contributed by atoms with Gasteiger partial charge in [-0.15, -0.1) is 0 Å². The Kier molecular flexibility index (Phi) is 6.17. The molecule has 0 radical (unpaired) electrons. The largest absolute Gasteiger partial charge is 0.508 e. The third-order valence-electron chi connectivity index (χ3n) is 3.61. The molecule has 0 aliphatic heterocycles. The summed E-state index contributed by atoms with van der Waals surface area (Å²) >= 11 is 0. The Morgan fingerprint density at radius 2 is 1.96 bits per heavy atom. The van der Waals surface area contributed by atoms with Gasteiger partial charge in [-0.1, -0.05) is 12.1 Å². The molecule has 2 aromatic rings. The minimum Gasteiger partial charge on any atom is -0.508 e. The maximum absolute atomic E-state index is 11.1. The van der Waals surface area contributed by atoms with Crippen LogP contribution in [0.15, 0.2) is 42.5 Å². The van der Waals surface area contributed by atoms with Crippen LogP contribution in [0.25, 0.3) is 0 Å². The van der Waals surface area contributed by atoms with Gasteiger partial charge in [-0.05, 0) is 48.4 Å². The standard InChI is InChI=1S/C18H22N2O4/c1-12-10-14(18(19)23)4-7-17(12)24-9-8-20-11-16(22)13-2-5-15(21)6-3-13/h2-7,10,16,20-22H,8-9,11H2,1H3,(H2,19,23). The number of phenolic OH excluding ortho intramolecular Hbond substituents is 1. The van der Waals surface area contributed by atoms with Gasteiger partial charge < -0.3 is 26.0 Å². The van der Waals surface area contributed by atoms with Crippen molar-refractivity contribution in [2.24, 2.45) is 5.73 Å². The Morgan fingerprint density at radius 1 is 1.25 bits per heavy atom. The summed E-state index contributed by atoms with van der Waals surface area (Å²) in [6, 6.07) is 11.5. The third-order valence-corrected chi connectivity index (χ3v) is 3.61. The average Bonchev–Trinajstić information content (AvgIpc) is 2.56. The van der Waals surface area contributed by atoms with Crippen LogP contribution in [-0.2, 0) is 0 Å². The molecule has 5 N–H and O–H groups in total. The molecular formula is C18H22N2O4. The molecule has 24 heavy (non-hydrogen) atoms. The number of hydrogen-bond acceptors (Lipinski definition) is 5. The summed E-state index contributed by atoms with van der Waals surface area (Å²) < 4.78 is 5.65. The van der Waals surface area contributed by atoms with Gasteiger partial charge in [0.05, 0.1) is 6.10 Å². The van der Waals surface area contributed by atoms with E-state index >= 15 is 0 Å². The number of aliphatic hydroxyl groups is 1. The fourth-order valence-corrected chi connectivity index (χ4v) is 2.25. The lowest BCUT2D eigenvalue weighted by Gasteiger charge is -2.13. The third kappa shape index (κ3) is 4.97. The molecule has 0 saturated carbocycles. The number of benzene rings is 2. The van der Waals surface area contributed by atoms with Gasteiger partial charge in [0, 0.05) is 18.7 Å². The topological polar surface area (TPSA) is 105 Å². The Labute approximate surface area is 140 Å². The molecular weight excluding hydrogens is 308 g/mol. The van der Waals surface area contributed by atoms with Crippen LogP contribution in [0.5, 0.6) is 11.5 Å². The molecule has 0 aromatic heterocycles. The maximum atomic E-state index is 11.1. The lowest BCUT2D eigenvalue weighted by Crippen LogP contribution is -2.26. The van der Waals surface area contributed by atoms with Crippen molar-refractivity contribution in [2.75, 3.05) is 19.7 Å². The Bertz CT molecular complexity index is 686. The summed E-state index contributed by atoms with van der Waals surface area (Å²) in [5.41, 5.74) is 7.26. The molecule has 2 rings (SSSR count). The molecule has 0 bridgehead atoms. The van der Waals surface area contributed by atoms with E-state index in [9.17, 15) is 15.0 Å². The second kappa shape index (κ2) is 8.33. The predicted octanol–water partition coefficient (Wildman–Crippen LogP) is 1.50. The Morgan fingerprint density at radius 3 is 2.58 bits per heavy atom. The lowest BCUT2D eigenvalue weighted by molar-refractivity contribution is 0.1000. The monoisotopic (exact) mass is 330 g/mol. The maximum Gasteiger partial charge on any atom is 0.248 e. The van der Waals surface area contributed by atoms with Crippen LogP contribution in [0.4, 0.5) is 0 Å². The summed E-state index contributed by atoms with van der Waals surface area (Å²) in [4.78, 5) is 11.1. The van der Waals surface area contributed by atoms with Gasteiger partial charge in [0.15, 0.2) is 0 Å². The first kappa shape index (κ1) is 17.8. The van der Waals surface area contributed by atoms with E-state index in [1.807, 2.05) is 6.92 Å². The number of phenols is 1. The number of hydrogen-bond donors (Lipinski definition) is 4.